The third-order valence-corrected chi connectivity index (χ3v) is 2.94. The van der Waals surface area contributed by atoms with Crippen LogP contribution in [0.5, 0.6) is 0 Å². The van der Waals surface area contributed by atoms with Gasteiger partial charge in [0, 0.05) is 0 Å². The summed E-state index contributed by atoms with van der Waals surface area (Å²) in [6.07, 6.45) is 2.44. The zero-order valence-electron chi connectivity index (χ0n) is 8.29. The number of carbonyl (C=O) groups is 1. The van der Waals surface area contributed by atoms with Gasteiger partial charge in [-0.2, -0.15) is 0 Å². The maximum Gasteiger partial charge on any atom is 0.307 e. The lowest BCUT2D eigenvalue weighted by atomic mass is 10.0. The van der Waals surface area contributed by atoms with Crippen molar-refractivity contribution in [3.63, 3.8) is 0 Å². The molecule has 0 saturated heterocycles. The molecule has 0 heterocycles. The first kappa shape index (κ1) is 9.25. The zero-order valence-corrected chi connectivity index (χ0v) is 8.29. The van der Waals surface area contributed by atoms with Crippen LogP contribution in [0.2, 0.25) is 0 Å². The quantitative estimate of drug-likeness (QED) is 0.777. The van der Waals surface area contributed by atoms with Gasteiger partial charge >= 0.3 is 5.97 Å². The lowest BCUT2D eigenvalue weighted by Gasteiger charge is -2.05. The highest BCUT2D eigenvalue weighted by Gasteiger charge is 2.18. The number of carboxylic acids is 1. The van der Waals surface area contributed by atoms with E-state index < -0.39 is 5.97 Å². The second-order valence-electron chi connectivity index (χ2n) is 4.04. The van der Waals surface area contributed by atoms with E-state index >= 15 is 0 Å². The van der Waals surface area contributed by atoms with E-state index in [2.05, 4.69) is 13.0 Å². The van der Waals surface area contributed by atoms with Gasteiger partial charge in [-0.3, -0.25) is 4.79 Å². The lowest BCUT2D eigenvalue weighted by Crippen LogP contribution is -2.00. The van der Waals surface area contributed by atoms with E-state index in [1.165, 1.54) is 17.5 Å². The molecule has 2 nitrogen and oxygen atoms in total. The smallest absolute Gasteiger partial charge is 0.307 e. The van der Waals surface area contributed by atoms with Gasteiger partial charge < -0.3 is 5.11 Å². The molecule has 0 radical (unpaired) electrons. The van der Waals surface area contributed by atoms with Crippen LogP contribution < -0.4 is 0 Å². The van der Waals surface area contributed by atoms with Gasteiger partial charge in [-0.05, 0) is 35.4 Å². The van der Waals surface area contributed by atoms with E-state index in [-0.39, 0.29) is 6.42 Å². The van der Waals surface area contributed by atoms with Crippen LogP contribution in [0.3, 0.4) is 0 Å². The first-order valence-corrected chi connectivity index (χ1v) is 5.00. The van der Waals surface area contributed by atoms with Gasteiger partial charge in [-0.25, -0.2) is 0 Å². The lowest BCUT2D eigenvalue weighted by molar-refractivity contribution is -0.136. The third-order valence-electron chi connectivity index (χ3n) is 2.94. The van der Waals surface area contributed by atoms with Crippen molar-refractivity contribution in [3.8, 4) is 0 Å². The van der Waals surface area contributed by atoms with E-state index in [0.717, 1.165) is 12.0 Å². The molecule has 74 valence electrons. The molecular weight excluding hydrogens is 176 g/mol. The number of hydrogen-bond donors (Lipinski definition) is 1. The van der Waals surface area contributed by atoms with E-state index in [4.69, 9.17) is 5.11 Å². The molecule has 0 bridgehead atoms. The van der Waals surface area contributed by atoms with Gasteiger partial charge in [-0.15, -0.1) is 0 Å². The molecule has 1 N–H and O–H groups in total. The molecule has 2 heteroatoms. The predicted octanol–water partition coefficient (Wildman–Crippen LogP) is 2.36. The number of rotatable bonds is 2. The van der Waals surface area contributed by atoms with Crippen LogP contribution in [-0.4, -0.2) is 11.1 Å². The fourth-order valence-corrected chi connectivity index (χ4v) is 2.17. The Bertz CT molecular complexity index is 369. The second kappa shape index (κ2) is 3.45. The summed E-state index contributed by atoms with van der Waals surface area (Å²) in [5.41, 5.74) is 3.67. The summed E-state index contributed by atoms with van der Waals surface area (Å²) in [5.74, 6) is -0.111. The predicted molar refractivity (Wildman–Crippen MR) is 54.5 cm³/mol. The summed E-state index contributed by atoms with van der Waals surface area (Å²) >= 11 is 0. The number of aryl methyl sites for hydroxylation is 1. The van der Waals surface area contributed by atoms with Crippen molar-refractivity contribution in [2.24, 2.45) is 0 Å². The minimum absolute atomic E-state index is 0.141. The Morgan fingerprint density at radius 3 is 3.07 bits per heavy atom. The van der Waals surface area contributed by atoms with Crippen molar-refractivity contribution in [1.29, 1.82) is 0 Å². The van der Waals surface area contributed by atoms with Crippen molar-refractivity contribution in [2.75, 3.05) is 0 Å². The summed E-state index contributed by atoms with van der Waals surface area (Å²) < 4.78 is 0. The highest BCUT2D eigenvalue weighted by atomic mass is 16.4. The fraction of sp³-hybridized carbons (Fsp3) is 0.417. The standard InChI is InChI=1S/C12H14O2/c1-8-2-4-10-6-9(7-12(13)14)3-5-11(8)10/h3,5-6,8H,2,4,7H2,1H3,(H,13,14). The molecule has 0 aliphatic heterocycles. The Balaban J connectivity index is 2.28. The normalized spacial score (nSPS) is 19.4. The molecule has 1 aromatic rings. The van der Waals surface area contributed by atoms with E-state index in [9.17, 15) is 4.79 Å². The van der Waals surface area contributed by atoms with Crippen molar-refractivity contribution in [1.82, 2.24) is 0 Å². The Morgan fingerprint density at radius 2 is 2.36 bits per heavy atom. The summed E-state index contributed by atoms with van der Waals surface area (Å²) in [6.45, 7) is 2.22. The van der Waals surface area contributed by atoms with Gasteiger partial charge in [0.25, 0.3) is 0 Å². The molecule has 0 saturated carbocycles. The number of hydrogen-bond acceptors (Lipinski definition) is 1. The monoisotopic (exact) mass is 190 g/mol. The number of benzene rings is 1. The van der Waals surface area contributed by atoms with E-state index in [1.807, 2.05) is 12.1 Å². The van der Waals surface area contributed by atoms with Crippen LogP contribution in [0.4, 0.5) is 0 Å². The summed E-state index contributed by atoms with van der Waals surface area (Å²) in [4.78, 5) is 10.5. The molecule has 1 unspecified atom stereocenters. The van der Waals surface area contributed by atoms with Crippen LogP contribution in [0.15, 0.2) is 18.2 Å². The van der Waals surface area contributed by atoms with E-state index in [0.29, 0.717) is 5.92 Å². The van der Waals surface area contributed by atoms with Gasteiger partial charge in [0.2, 0.25) is 0 Å². The maximum absolute atomic E-state index is 10.5. The number of carboxylic acid groups (broad SMARTS) is 1. The average molecular weight is 190 g/mol. The summed E-state index contributed by atoms with van der Waals surface area (Å²) in [6, 6.07) is 6.08. The Labute approximate surface area is 83.6 Å². The molecule has 0 aromatic heterocycles. The first-order valence-electron chi connectivity index (χ1n) is 5.00. The zero-order chi connectivity index (χ0) is 10.1. The van der Waals surface area contributed by atoms with Gasteiger partial charge in [-0.1, -0.05) is 25.1 Å². The molecule has 1 atom stereocenters. The minimum Gasteiger partial charge on any atom is -0.481 e. The third kappa shape index (κ3) is 1.65. The molecule has 1 aliphatic carbocycles. The van der Waals surface area contributed by atoms with E-state index in [1.54, 1.807) is 0 Å². The van der Waals surface area contributed by atoms with Crippen LogP contribution in [0, 0.1) is 0 Å². The minimum atomic E-state index is -0.754. The SMILES string of the molecule is CC1CCc2cc(CC(=O)O)ccc21. The first-order chi connectivity index (χ1) is 6.66. The van der Waals surface area contributed by atoms with Crippen molar-refractivity contribution in [3.05, 3.63) is 34.9 Å². The molecule has 1 aliphatic rings. The maximum atomic E-state index is 10.5. The Hall–Kier alpha value is -1.31. The molecule has 0 fully saturated rings. The molecule has 2 rings (SSSR count). The van der Waals surface area contributed by atoms with Gasteiger partial charge in [0.15, 0.2) is 0 Å². The van der Waals surface area contributed by atoms with Crippen molar-refractivity contribution >= 4 is 5.97 Å². The van der Waals surface area contributed by atoms with Gasteiger partial charge in [0.1, 0.15) is 0 Å². The van der Waals surface area contributed by atoms with Crippen molar-refractivity contribution in [2.45, 2.75) is 32.1 Å². The fourth-order valence-electron chi connectivity index (χ4n) is 2.17. The molecule has 1 aromatic carbocycles. The summed E-state index contributed by atoms with van der Waals surface area (Å²) in [7, 11) is 0. The highest BCUT2D eigenvalue weighted by molar-refractivity contribution is 5.70. The average Bonchev–Trinajstić information content (AvgIpc) is 2.46. The van der Waals surface area contributed by atoms with Gasteiger partial charge in [0.05, 0.1) is 6.42 Å². The Morgan fingerprint density at radius 1 is 1.57 bits per heavy atom. The number of aliphatic carboxylic acids is 1. The molecule has 0 spiro atoms. The topological polar surface area (TPSA) is 37.3 Å². The van der Waals surface area contributed by atoms with Crippen molar-refractivity contribution < 1.29 is 9.90 Å². The molecular formula is C12H14O2. The molecule has 0 amide bonds. The largest absolute Gasteiger partial charge is 0.481 e. The van der Waals surface area contributed by atoms with Crippen LogP contribution in [0.25, 0.3) is 0 Å². The van der Waals surface area contributed by atoms with Crippen LogP contribution in [0.1, 0.15) is 36.0 Å². The molecule has 14 heavy (non-hydrogen) atoms. The summed E-state index contributed by atoms with van der Waals surface area (Å²) in [5, 5.41) is 8.67. The highest BCUT2D eigenvalue weighted by Crippen LogP contribution is 2.32. The number of fused-ring (bicyclic) bond motifs is 1. The Kier molecular flexibility index (Phi) is 2.28. The van der Waals surface area contributed by atoms with Crippen LogP contribution in [-0.2, 0) is 17.6 Å². The second-order valence-corrected chi connectivity index (χ2v) is 4.04. The van der Waals surface area contributed by atoms with Crippen LogP contribution >= 0.6 is 0 Å².